The van der Waals surface area contributed by atoms with Crippen molar-refractivity contribution in [2.24, 2.45) is 5.92 Å². The number of aliphatic hydroxyl groups excluding tert-OH is 1. The predicted molar refractivity (Wildman–Crippen MR) is 64.6 cm³/mol. The summed E-state index contributed by atoms with van der Waals surface area (Å²) >= 11 is 5.67. The lowest BCUT2D eigenvalue weighted by Gasteiger charge is -2.12. The molecule has 0 heterocycles. The van der Waals surface area contributed by atoms with Gasteiger partial charge < -0.3 is 10.4 Å². The third kappa shape index (κ3) is 3.92. The van der Waals surface area contributed by atoms with Crippen LogP contribution in [0.4, 0.5) is 8.78 Å². The third-order valence-corrected chi connectivity index (χ3v) is 2.80. The van der Waals surface area contributed by atoms with Gasteiger partial charge in [-0.3, -0.25) is 4.79 Å². The van der Waals surface area contributed by atoms with E-state index in [2.05, 4.69) is 5.32 Å². The Morgan fingerprint density at radius 2 is 2.06 bits per heavy atom. The van der Waals surface area contributed by atoms with Gasteiger partial charge in [-0.05, 0) is 24.5 Å². The summed E-state index contributed by atoms with van der Waals surface area (Å²) in [6.45, 7) is 2.21. The Labute approximate surface area is 109 Å². The molecule has 0 spiro atoms. The van der Waals surface area contributed by atoms with Gasteiger partial charge in [0.1, 0.15) is 0 Å². The monoisotopic (exact) mass is 277 g/mol. The Morgan fingerprint density at radius 1 is 1.44 bits per heavy atom. The van der Waals surface area contributed by atoms with E-state index in [1.54, 1.807) is 0 Å². The quantitative estimate of drug-likeness (QED) is 0.812. The number of aliphatic hydroxyl groups is 1. The van der Waals surface area contributed by atoms with Crippen LogP contribution in [0, 0.1) is 17.6 Å². The van der Waals surface area contributed by atoms with E-state index in [1.807, 2.05) is 6.92 Å². The van der Waals surface area contributed by atoms with Gasteiger partial charge in [-0.25, -0.2) is 8.78 Å². The minimum Gasteiger partial charge on any atom is -0.396 e. The molecule has 0 saturated heterocycles. The zero-order valence-corrected chi connectivity index (χ0v) is 10.6. The summed E-state index contributed by atoms with van der Waals surface area (Å²) in [5.74, 6) is -2.69. The highest BCUT2D eigenvalue weighted by Gasteiger charge is 2.15. The van der Waals surface area contributed by atoms with Crippen molar-refractivity contribution >= 4 is 17.5 Å². The van der Waals surface area contributed by atoms with Crippen molar-refractivity contribution in [2.75, 3.05) is 13.2 Å². The maximum Gasteiger partial charge on any atom is 0.252 e. The van der Waals surface area contributed by atoms with Crippen molar-refractivity contribution in [3.8, 4) is 0 Å². The highest BCUT2D eigenvalue weighted by Crippen LogP contribution is 2.19. The summed E-state index contributed by atoms with van der Waals surface area (Å²) in [5, 5.41) is 11.1. The first-order valence-corrected chi connectivity index (χ1v) is 5.87. The summed E-state index contributed by atoms with van der Waals surface area (Å²) in [5.41, 5.74) is -0.105. The van der Waals surface area contributed by atoms with E-state index in [-0.39, 0.29) is 23.1 Å². The number of halogens is 3. The lowest BCUT2D eigenvalue weighted by atomic mass is 10.1. The molecular formula is C12H14ClF2NO2. The van der Waals surface area contributed by atoms with E-state index in [0.29, 0.717) is 13.0 Å². The molecule has 1 atom stereocenters. The maximum atomic E-state index is 13.0. The molecule has 1 aromatic rings. The van der Waals surface area contributed by atoms with E-state index in [0.717, 1.165) is 12.1 Å². The lowest BCUT2D eigenvalue weighted by Crippen LogP contribution is -2.29. The molecular weight excluding hydrogens is 264 g/mol. The topological polar surface area (TPSA) is 49.3 Å². The Kier molecular flexibility index (Phi) is 5.50. The van der Waals surface area contributed by atoms with Crippen LogP contribution >= 0.6 is 11.6 Å². The van der Waals surface area contributed by atoms with Crippen LogP contribution in [0.2, 0.25) is 5.02 Å². The van der Waals surface area contributed by atoms with Gasteiger partial charge in [0.2, 0.25) is 0 Å². The molecule has 1 aromatic carbocycles. The number of carbonyl (C=O) groups excluding carboxylic acids is 1. The molecule has 0 aliphatic heterocycles. The summed E-state index contributed by atoms with van der Waals surface area (Å²) in [6.07, 6.45) is 0.547. The first kappa shape index (κ1) is 14.9. The van der Waals surface area contributed by atoms with Crippen molar-refractivity contribution in [1.29, 1.82) is 0 Å². The third-order valence-electron chi connectivity index (χ3n) is 2.49. The molecule has 1 rings (SSSR count). The second-order valence-corrected chi connectivity index (χ2v) is 4.48. The first-order chi connectivity index (χ1) is 8.45. The second kappa shape index (κ2) is 6.66. The average Bonchev–Trinajstić information content (AvgIpc) is 2.31. The van der Waals surface area contributed by atoms with Crippen molar-refractivity contribution in [3.63, 3.8) is 0 Å². The maximum absolute atomic E-state index is 13.0. The van der Waals surface area contributed by atoms with Crippen LogP contribution in [0.5, 0.6) is 0 Å². The number of rotatable bonds is 5. The molecule has 3 nitrogen and oxygen atoms in total. The van der Waals surface area contributed by atoms with E-state index in [4.69, 9.17) is 16.7 Å². The minimum atomic E-state index is -1.12. The molecule has 1 amide bonds. The fourth-order valence-corrected chi connectivity index (χ4v) is 1.62. The number of benzene rings is 1. The molecule has 0 saturated carbocycles. The van der Waals surface area contributed by atoms with E-state index >= 15 is 0 Å². The lowest BCUT2D eigenvalue weighted by molar-refractivity contribution is 0.0945. The normalized spacial score (nSPS) is 12.3. The van der Waals surface area contributed by atoms with Gasteiger partial charge in [0.15, 0.2) is 11.6 Å². The molecule has 0 aliphatic rings. The van der Waals surface area contributed by atoms with Crippen LogP contribution in [0.15, 0.2) is 12.1 Å². The van der Waals surface area contributed by atoms with Gasteiger partial charge in [-0.15, -0.1) is 0 Å². The van der Waals surface area contributed by atoms with E-state index in [1.165, 1.54) is 0 Å². The van der Waals surface area contributed by atoms with Gasteiger partial charge >= 0.3 is 0 Å². The van der Waals surface area contributed by atoms with Crippen molar-refractivity contribution in [2.45, 2.75) is 13.3 Å². The Morgan fingerprint density at radius 3 is 2.67 bits per heavy atom. The van der Waals surface area contributed by atoms with Gasteiger partial charge in [0, 0.05) is 13.2 Å². The van der Waals surface area contributed by atoms with Crippen LogP contribution < -0.4 is 5.32 Å². The fourth-order valence-electron chi connectivity index (χ4n) is 1.38. The number of carbonyl (C=O) groups is 1. The Bertz CT molecular complexity index is 440. The van der Waals surface area contributed by atoms with Crippen LogP contribution in [0.3, 0.4) is 0 Å². The van der Waals surface area contributed by atoms with Crippen LogP contribution in [-0.2, 0) is 0 Å². The average molecular weight is 278 g/mol. The minimum absolute atomic E-state index is 0.0307. The Balaban J connectivity index is 2.70. The van der Waals surface area contributed by atoms with Crippen LogP contribution in [-0.4, -0.2) is 24.2 Å². The molecule has 2 N–H and O–H groups in total. The fraction of sp³-hybridized carbons (Fsp3) is 0.417. The van der Waals surface area contributed by atoms with Crippen LogP contribution in [0.25, 0.3) is 0 Å². The van der Waals surface area contributed by atoms with Crippen molar-refractivity contribution in [1.82, 2.24) is 5.32 Å². The van der Waals surface area contributed by atoms with E-state index < -0.39 is 17.5 Å². The SMILES string of the molecule is CC(CCO)CNC(=O)c1cc(F)c(F)cc1Cl. The molecule has 100 valence electrons. The summed E-state index contributed by atoms with van der Waals surface area (Å²) in [4.78, 5) is 11.7. The number of nitrogens with one attached hydrogen (secondary N) is 1. The molecule has 0 aliphatic carbocycles. The number of hydrogen-bond donors (Lipinski definition) is 2. The summed E-state index contributed by atoms with van der Waals surface area (Å²) < 4.78 is 25.8. The highest BCUT2D eigenvalue weighted by molar-refractivity contribution is 6.33. The van der Waals surface area contributed by atoms with Gasteiger partial charge in [-0.2, -0.15) is 0 Å². The zero-order chi connectivity index (χ0) is 13.7. The highest BCUT2D eigenvalue weighted by atomic mass is 35.5. The molecule has 0 aromatic heterocycles. The predicted octanol–water partition coefficient (Wildman–Crippen LogP) is 2.37. The molecule has 6 heteroatoms. The summed E-state index contributed by atoms with van der Waals surface area (Å²) in [7, 11) is 0. The summed E-state index contributed by atoms with van der Waals surface area (Å²) in [6, 6.07) is 1.53. The standard InChI is InChI=1S/C12H14ClF2NO2/c1-7(2-3-17)6-16-12(18)8-4-10(14)11(15)5-9(8)13/h4-5,7,17H,2-3,6H2,1H3,(H,16,18). The van der Waals surface area contributed by atoms with Gasteiger partial charge in [0.05, 0.1) is 10.6 Å². The van der Waals surface area contributed by atoms with Gasteiger partial charge in [-0.1, -0.05) is 18.5 Å². The largest absolute Gasteiger partial charge is 0.396 e. The molecule has 1 unspecified atom stereocenters. The molecule has 0 bridgehead atoms. The molecule has 0 radical (unpaired) electrons. The number of amides is 1. The molecule has 0 fully saturated rings. The van der Waals surface area contributed by atoms with Gasteiger partial charge in [0.25, 0.3) is 5.91 Å². The van der Waals surface area contributed by atoms with Crippen LogP contribution in [0.1, 0.15) is 23.7 Å². The van der Waals surface area contributed by atoms with E-state index in [9.17, 15) is 13.6 Å². The van der Waals surface area contributed by atoms with Crippen molar-refractivity contribution < 1.29 is 18.7 Å². The zero-order valence-electron chi connectivity index (χ0n) is 9.84. The van der Waals surface area contributed by atoms with Crippen molar-refractivity contribution in [3.05, 3.63) is 34.4 Å². The second-order valence-electron chi connectivity index (χ2n) is 4.07. The Hall–Kier alpha value is -1.20. The molecule has 18 heavy (non-hydrogen) atoms. The first-order valence-electron chi connectivity index (χ1n) is 5.49. The smallest absolute Gasteiger partial charge is 0.252 e. The number of hydrogen-bond acceptors (Lipinski definition) is 2.